The molecule has 1 heterocycles. The molecule has 0 aliphatic carbocycles. The summed E-state index contributed by atoms with van der Waals surface area (Å²) >= 11 is 7.63. The fraction of sp³-hybridized carbons (Fsp3) is 0.556. The van der Waals surface area contributed by atoms with E-state index in [1.807, 2.05) is 29.3 Å². The molecule has 3 N–H and O–H groups in total. The maximum absolute atomic E-state index is 11.8. The van der Waals surface area contributed by atoms with Crippen LogP contribution >= 0.6 is 23.4 Å². The maximum atomic E-state index is 11.8. The Kier molecular flexibility index (Phi) is 8.21. The lowest BCUT2D eigenvalue weighted by molar-refractivity contribution is -0.137. The Morgan fingerprint density at radius 2 is 2.19 bits per heavy atom. The van der Waals surface area contributed by atoms with Crippen LogP contribution in [0.4, 0.5) is 0 Å². The molecule has 0 bridgehead atoms. The number of hydrogen-bond donors (Lipinski definition) is 2. The lowest BCUT2D eigenvalue weighted by Crippen LogP contribution is -2.50. The molecule has 2 rings (SSSR count). The van der Waals surface area contributed by atoms with Gasteiger partial charge in [-0.25, -0.2) is 5.01 Å². The smallest absolute Gasteiger partial charge is 0.236 e. The van der Waals surface area contributed by atoms with Crippen LogP contribution in [0.15, 0.2) is 29.2 Å². The maximum Gasteiger partial charge on any atom is 0.236 e. The average Bonchev–Trinajstić information content (AvgIpc) is 3.07. The van der Waals surface area contributed by atoms with E-state index in [2.05, 4.69) is 12.2 Å². The van der Waals surface area contributed by atoms with Crippen LogP contribution in [0, 0.1) is 0 Å². The summed E-state index contributed by atoms with van der Waals surface area (Å²) in [7, 11) is 0. The van der Waals surface area contributed by atoms with Gasteiger partial charge in [0.2, 0.25) is 12.3 Å². The normalized spacial score (nSPS) is 19.8. The van der Waals surface area contributed by atoms with Crippen LogP contribution in [0.1, 0.15) is 26.7 Å². The van der Waals surface area contributed by atoms with E-state index in [-0.39, 0.29) is 18.0 Å². The molecule has 3 atom stereocenters. The summed E-state index contributed by atoms with van der Waals surface area (Å²) in [6.45, 7) is 5.11. The fourth-order valence-electron chi connectivity index (χ4n) is 2.89. The third-order valence-electron chi connectivity index (χ3n) is 4.46. The Morgan fingerprint density at radius 3 is 2.77 bits per heavy atom. The highest BCUT2D eigenvalue weighted by molar-refractivity contribution is 7.99. The highest BCUT2D eigenvalue weighted by atomic mass is 35.5. The topological polar surface area (TPSA) is 78.7 Å². The Bertz CT molecular complexity index is 599. The van der Waals surface area contributed by atoms with Gasteiger partial charge in [0.05, 0.1) is 12.1 Å². The van der Waals surface area contributed by atoms with Crippen LogP contribution < -0.4 is 11.1 Å². The van der Waals surface area contributed by atoms with Crippen molar-refractivity contribution in [1.82, 2.24) is 15.3 Å². The van der Waals surface area contributed by atoms with Crippen molar-refractivity contribution in [3.05, 3.63) is 29.3 Å². The van der Waals surface area contributed by atoms with Gasteiger partial charge < -0.3 is 11.1 Å². The molecule has 1 saturated heterocycles. The van der Waals surface area contributed by atoms with E-state index in [9.17, 15) is 9.59 Å². The number of nitrogens with zero attached hydrogens (tertiary/aromatic N) is 2. The number of nitrogens with one attached hydrogen (secondary N) is 1. The highest BCUT2D eigenvalue weighted by Gasteiger charge is 2.31. The van der Waals surface area contributed by atoms with E-state index in [1.54, 1.807) is 23.7 Å². The summed E-state index contributed by atoms with van der Waals surface area (Å²) in [6.07, 6.45) is 2.56. The van der Waals surface area contributed by atoms with E-state index >= 15 is 0 Å². The number of amides is 2. The molecule has 1 aliphatic heterocycles. The summed E-state index contributed by atoms with van der Waals surface area (Å²) in [5.74, 6) is 0.643. The van der Waals surface area contributed by atoms with E-state index in [0.29, 0.717) is 11.6 Å². The molecule has 144 valence electrons. The van der Waals surface area contributed by atoms with E-state index in [1.165, 1.54) is 0 Å². The summed E-state index contributed by atoms with van der Waals surface area (Å²) in [5, 5.41) is 7.46. The average molecular weight is 399 g/mol. The molecule has 1 fully saturated rings. The predicted octanol–water partition coefficient (Wildman–Crippen LogP) is 2.12. The van der Waals surface area contributed by atoms with Crippen LogP contribution in [0.25, 0.3) is 0 Å². The summed E-state index contributed by atoms with van der Waals surface area (Å²) in [5.41, 5.74) is 5.61. The first kappa shape index (κ1) is 21.0. The third kappa shape index (κ3) is 5.87. The highest BCUT2D eigenvalue weighted by Crippen LogP contribution is 2.24. The SMILES string of the molecule is CCC(CSc1ccc(Cl)cc1)N(C=O)N1CC[C@@H](NC(=O)[C@@H](C)N)C1. The van der Waals surface area contributed by atoms with E-state index in [4.69, 9.17) is 17.3 Å². The fourth-order valence-corrected chi connectivity index (χ4v) is 4.12. The first-order valence-corrected chi connectivity index (χ1v) is 10.2. The van der Waals surface area contributed by atoms with Gasteiger partial charge in [-0.2, -0.15) is 0 Å². The second-order valence-corrected chi connectivity index (χ2v) is 8.04. The van der Waals surface area contributed by atoms with Gasteiger partial charge in [-0.15, -0.1) is 11.8 Å². The van der Waals surface area contributed by atoms with Gasteiger partial charge in [-0.1, -0.05) is 18.5 Å². The number of nitrogens with two attached hydrogens (primary N) is 1. The molecule has 0 radical (unpaired) electrons. The quantitative estimate of drug-likeness (QED) is 0.492. The van der Waals surface area contributed by atoms with Crippen LogP contribution in [-0.4, -0.2) is 59.3 Å². The molecule has 8 heteroatoms. The summed E-state index contributed by atoms with van der Waals surface area (Å²) < 4.78 is 0. The zero-order valence-corrected chi connectivity index (χ0v) is 16.8. The zero-order valence-electron chi connectivity index (χ0n) is 15.2. The van der Waals surface area contributed by atoms with Crippen LogP contribution in [-0.2, 0) is 9.59 Å². The number of hydrazine groups is 1. The molecule has 1 unspecified atom stereocenters. The minimum Gasteiger partial charge on any atom is -0.351 e. The van der Waals surface area contributed by atoms with Crippen LogP contribution in [0.5, 0.6) is 0 Å². The molecule has 0 aromatic heterocycles. The minimum absolute atomic E-state index is 0.0253. The molecule has 1 aliphatic rings. The van der Waals surface area contributed by atoms with Crippen molar-refractivity contribution in [2.45, 2.75) is 49.7 Å². The second-order valence-electron chi connectivity index (χ2n) is 6.51. The van der Waals surface area contributed by atoms with Gasteiger partial charge in [0, 0.05) is 34.8 Å². The molecule has 1 aromatic rings. The molecule has 6 nitrogen and oxygen atoms in total. The number of hydrogen-bond acceptors (Lipinski definition) is 5. The van der Waals surface area contributed by atoms with E-state index in [0.717, 1.165) is 36.4 Å². The van der Waals surface area contributed by atoms with Gasteiger partial charge in [0.15, 0.2) is 0 Å². The first-order valence-electron chi connectivity index (χ1n) is 8.87. The molecular weight excluding hydrogens is 372 g/mol. The third-order valence-corrected chi connectivity index (χ3v) is 5.87. The van der Waals surface area contributed by atoms with Gasteiger partial charge in [0.25, 0.3) is 0 Å². The summed E-state index contributed by atoms with van der Waals surface area (Å²) in [4.78, 5) is 24.6. The van der Waals surface area contributed by atoms with Crippen molar-refractivity contribution < 1.29 is 9.59 Å². The van der Waals surface area contributed by atoms with Crippen molar-refractivity contribution in [2.24, 2.45) is 5.73 Å². The van der Waals surface area contributed by atoms with Crippen LogP contribution in [0.3, 0.4) is 0 Å². The molecule has 1 aromatic carbocycles. The lowest BCUT2D eigenvalue weighted by Gasteiger charge is -2.35. The molecule has 26 heavy (non-hydrogen) atoms. The second kappa shape index (κ2) is 10.2. The number of thioether (sulfide) groups is 1. The zero-order chi connectivity index (χ0) is 19.1. The van der Waals surface area contributed by atoms with E-state index < -0.39 is 6.04 Å². The van der Waals surface area contributed by atoms with Gasteiger partial charge >= 0.3 is 0 Å². The number of rotatable bonds is 9. The van der Waals surface area contributed by atoms with Crippen molar-refractivity contribution in [1.29, 1.82) is 0 Å². The number of halogens is 1. The molecule has 2 amide bonds. The van der Waals surface area contributed by atoms with Crippen LogP contribution in [0.2, 0.25) is 5.02 Å². The lowest BCUT2D eigenvalue weighted by atomic mass is 10.2. The Morgan fingerprint density at radius 1 is 1.50 bits per heavy atom. The predicted molar refractivity (Wildman–Crippen MR) is 106 cm³/mol. The van der Waals surface area contributed by atoms with Crippen molar-refractivity contribution in [3.63, 3.8) is 0 Å². The van der Waals surface area contributed by atoms with Gasteiger partial charge in [0.1, 0.15) is 0 Å². The number of benzene rings is 1. The van der Waals surface area contributed by atoms with Gasteiger partial charge in [-0.05, 0) is 44.0 Å². The minimum atomic E-state index is -0.523. The van der Waals surface area contributed by atoms with Gasteiger partial charge in [-0.3, -0.25) is 14.6 Å². The Hall–Kier alpha value is -1.28. The first-order chi connectivity index (χ1) is 12.4. The number of carbonyl (C=O) groups is 2. The van der Waals surface area contributed by atoms with Crippen molar-refractivity contribution >= 4 is 35.7 Å². The number of carbonyl (C=O) groups excluding carboxylic acids is 2. The summed E-state index contributed by atoms with van der Waals surface area (Å²) in [6, 6.07) is 7.31. The monoisotopic (exact) mass is 398 g/mol. The Balaban J connectivity index is 1.91. The van der Waals surface area contributed by atoms with Crippen molar-refractivity contribution in [2.75, 3.05) is 18.8 Å². The largest absolute Gasteiger partial charge is 0.351 e. The molecular formula is C18H27ClN4O2S. The molecule has 0 saturated carbocycles. The molecule has 0 spiro atoms. The Labute approximate surface area is 164 Å². The van der Waals surface area contributed by atoms with Crippen molar-refractivity contribution in [3.8, 4) is 0 Å². The standard InChI is InChI=1S/C18H27ClN4O2S/c1-3-16(11-26-17-6-4-14(19)5-7-17)23(12-24)22-9-8-15(10-22)21-18(25)13(2)20/h4-7,12-13,15-16H,3,8-11,20H2,1-2H3,(H,21,25)/t13-,15-,16?/m1/s1.